The number of hydrogen-bond donors (Lipinski definition) is 1. The largest absolute Gasteiger partial charge is 0.490 e. The molecule has 1 aromatic heterocycles. The molecule has 0 spiro atoms. The van der Waals surface area contributed by atoms with Crippen molar-refractivity contribution in [1.29, 1.82) is 0 Å². The molecule has 0 aliphatic rings. The van der Waals surface area contributed by atoms with Crippen molar-refractivity contribution in [2.45, 2.75) is 46.0 Å². The Morgan fingerprint density at radius 2 is 1.74 bits per heavy atom. The number of carbonyl (C=O) groups excluding carboxylic acids is 2. The van der Waals surface area contributed by atoms with E-state index in [0.29, 0.717) is 41.8 Å². The van der Waals surface area contributed by atoms with Crippen molar-refractivity contribution in [3.8, 4) is 5.75 Å². The number of methoxy groups -OCH3 is 1. The van der Waals surface area contributed by atoms with E-state index >= 15 is 0 Å². The summed E-state index contributed by atoms with van der Waals surface area (Å²) in [5.41, 5.74) is 2.71. The molecule has 0 aliphatic heterocycles. The fourth-order valence-electron chi connectivity index (χ4n) is 3.63. The maximum atomic E-state index is 13.3. The summed E-state index contributed by atoms with van der Waals surface area (Å²) in [7, 11) is 1.29. The molecule has 7 heteroatoms. The van der Waals surface area contributed by atoms with Gasteiger partial charge in [-0.1, -0.05) is 38.8 Å². The predicted molar refractivity (Wildman–Crippen MR) is 130 cm³/mol. The SMILES string of the molecule is CCCCNC(=O)c1cc(C(=O)OC)c(OCCCC)c2ncc(Cc3ccc(F)cc3)cc12. The van der Waals surface area contributed by atoms with Crippen LogP contribution in [0.25, 0.3) is 10.9 Å². The standard InChI is InChI=1S/C27H31FN2O4/c1-4-6-12-29-26(31)22-16-23(27(32)33-3)25(34-13-7-5-2)24-21(22)15-19(17-30-24)14-18-8-10-20(28)11-9-18/h8-11,15-17H,4-7,12-14H2,1-3H3,(H,29,31). The Balaban J connectivity index is 2.12. The van der Waals surface area contributed by atoms with E-state index in [1.807, 2.05) is 19.9 Å². The summed E-state index contributed by atoms with van der Waals surface area (Å²) in [4.78, 5) is 30.3. The second kappa shape index (κ2) is 12.1. The van der Waals surface area contributed by atoms with Gasteiger partial charge in [-0.15, -0.1) is 0 Å². The normalized spacial score (nSPS) is 10.8. The lowest BCUT2D eigenvalue weighted by atomic mass is 9.98. The van der Waals surface area contributed by atoms with Crippen LogP contribution in [0, 0.1) is 5.82 Å². The van der Waals surface area contributed by atoms with Gasteiger partial charge in [0.05, 0.1) is 13.7 Å². The fraction of sp³-hybridized carbons (Fsp3) is 0.370. The van der Waals surface area contributed by atoms with Crippen LogP contribution in [0.4, 0.5) is 4.39 Å². The first-order chi connectivity index (χ1) is 16.5. The second-order valence-corrected chi connectivity index (χ2v) is 8.15. The van der Waals surface area contributed by atoms with Crippen molar-refractivity contribution in [3.63, 3.8) is 0 Å². The molecule has 0 radical (unpaired) electrons. The van der Waals surface area contributed by atoms with Crippen LogP contribution in [0.1, 0.15) is 71.4 Å². The highest BCUT2D eigenvalue weighted by molar-refractivity contribution is 6.11. The van der Waals surface area contributed by atoms with Gasteiger partial charge in [0.1, 0.15) is 16.9 Å². The highest BCUT2D eigenvalue weighted by Crippen LogP contribution is 2.33. The van der Waals surface area contributed by atoms with Crippen molar-refractivity contribution in [2.24, 2.45) is 0 Å². The topological polar surface area (TPSA) is 77.5 Å². The summed E-state index contributed by atoms with van der Waals surface area (Å²) in [6, 6.07) is 9.68. The van der Waals surface area contributed by atoms with E-state index in [1.165, 1.54) is 25.3 Å². The molecule has 1 heterocycles. The van der Waals surface area contributed by atoms with Gasteiger partial charge in [0.25, 0.3) is 5.91 Å². The number of amides is 1. The van der Waals surface area contributed by atoms with E-state index in [9.17, 15) is 14.0 Å². The third kappa shape index (κ3) is 6.10. The minimum Gasteiger partial charge on any atom is -0.490 e. The number of hydrogen-bond acceptors (Lipinski definition) is 5. The molecule has 0 unspecified atom stereocenters. The Labute approximate surface area is 199 Å². The molecule has 1 amide bonds. The molecule has 0 saturated carbocycles. The molecule has 3 rings (SSSR count). The van der Waals surface area contributed by atoms with Gasteiger partial charge >= 0.3 is 5.97 Å². The zero-order valence-electron chi connectivity index (χ0n) is 19.9. The third-order valence-corrected chi connectivity index (χ3v) is 5.51. The summed E-state index contributed by atoms with van der Waals surface area (Å²) in [6.07, 6.45) is 5.74. The smallest absolute Gasteiger partial charge is 0.341 e. The Morgan fingerprint density at radius 3 is 2.41 bits per heavy atom. The quantitative estimate of drug-likeness (QED) is 0.300. The summed E-state index contributed by atoms with van der Waals surface area (Å²) in [6.45, 7) is 5.04. The molecule has 180 valence electrons. The number of rotatable bonds is 11. The van der Waals surface area contributed by atoms with Crippen LogP contribution in [-0.2, 0) is 11.2 Å². The summed E-state index contributed by atoms with van der Waals surface area (Å²) in [5, 5.41) is 3.51. The maximum Gasteiger partial charge on any atom is 0.341 e. The summed E-state index contributed by atoms with van der Waals surface area (Å²) < 4.78 is 24.2. The predicted octanol–water partition coefficient (Wildman–Crippen LogP) is 5.46. The van der Waals surface area contributed by atoms with Crippen LogP contribution in [-0.4, -0.2) is 37.1 Å². The van der Waals surface area contributed by atoms with Crippen LogP contribution < -0.4 is 10.1 Å². The summed E-state index contributed by atoms with van der Waals surface area (Å²) in [5.74, 6) is -0.859. The Bertz CT molecular complexity index is 1150. The molecule has 0 atom stereocenters. The number of halogens is 1. The molecule has 0 fully saturated rings. The highest BCUT2D eigenvalue weighted by Gasteiger charge is 2.23. The minimum atomic E-state index is -0.590. The number of unbranched alkanes of at least 4 members (excludes halogenated alkanes) is 2. The van der Waals surface area contributed by atoms with Crippen molar-refractivity contribution < 1.29 is 23.5 Å². The van der Waals surface area contributed by atoms with E-state index in [1.54, 1.807) is 18.3 Å². The van der Waals surface area contributed by atoms with E-state index < -0.39 is 5.97 Å². The zero-order chi connectivity index (χ0) is 24.5. The number of nitrogens with one attached hydrogen (secondary N) is 1. The lowest BCUT2D eigenvalue weighted by Gasteiger charge is -2.16. The van der Waals surface area contributed by atoms with Crippen molar-refractivity contribution in [2.75, 3.05) is 20.3 Å². The first-order valence-corrected chi connectivity index (χ1v) is 11.7. The van der Waals surface area contributed by atoms with Gasteiger partial charge in [0, 0.05) is 23.7 Å². The molecule has 34 heavy (non-hydrogen) atoms. The molecule has 0 bridgehead atoms. The monoisotopic (exact) mass is 466 g/mol. The van der Waals surface area contributed by atoms with Crippen LogP contribution in [0.5, 0.6) is 5.75 Å². The number of esters is 1. The van der Waals surface area contributed by atoms with Gasteiger partial charge in [0.15, 0.2) is 5.75 Å². The molecular formula is C27H31FN2O4. The van der Waals surface area contributed by atoms with Crippen LogP contribution in [0.15, 0.2) is 42.6 Å². The lowest BCUT2D eigenvalue weighted by molar-refractivity contribution is 0.0596. The average Bonchev–Trinajstić information content (AvgIpc) is 2.85. The molecule has 2 aromatic carbocycles. The minimum absolute atomic E-state index is 0.172. The highest BCUT2D eigenvalue weighted by atomic mass is 19.1. The van der Waals surface area contributed by atoms with E-state index in [-0.39, 0.29) is 17.3 Å². The molecule has 6 nitrogen and oxygen atoms in total. The van der Waals surface area contributed by atoms with Crippen LogP contribution in [0.3, 0.4) is 0 Å². The number of benzene rings is 2. The third-order valence-electron chi connectivity index (χ3n) is 5.51. The number of carbonyl (C=O) groups is 2. The van der Waals surface area contributed by atoms with E-state index in [0.717, 1.165) is 36.8 Å². The van der Waals surface area contributed by atoms with Gasteiger partial charge in [-0.05, 0) is 54.7 Å². The van der Waals surface area contributed by atoms with Gasteiger partial charge in [0.2, 0.25) is 0 Å². The lowest BCUT2D eigenvalue weighted by Crippen LogP contribution is -2.25. The number of pyridine rings is 1. The molecule has 1 N–H and O–H groups in total. The number of nitrogens with zero attached hydrogens (tertiary/aromatic N) is 1. The van der Waals surface area contributed by atoms with Gasteiger partial charge in [-0.3, -0.25) is 9.78 Å². The van der Waals surface area contributed by atoms with Gasteiger partial charge < -0.3 is 14.8 Å². The van der Waals surface area contributed by atoms with E-state index in [2.05, 4.69) is 10.3 Å². The van der Waals surface area contributed by atoms with Crippen molar-refractivity contribution in [1.82, 2.24) is 10.3 Å². The Kier molecular flexibility index (Phi) is 8.96. The zero-order valence-corrected chi connectivity index (χ0v) is 19.9. The average molecular weight is 467 g/mol. The number of ether oxygens (including phenoxy) is 2. The van der Waals surface area contributed by atoms with Crippen molar-refractivity contribution in [3.05, 3.63) is 70.7 Å². The maximum absolute atomic E-state index is 13.3. The van der Waals surface area contributed by atoms with Crippen LogP contribution in [0.2, 0.25) is 0 Å². The number of fused-ring (bicyclic) bond motifs is 1. The van der Waals surface area contributed by atoms with Crippen molar-refractivity contribution >= 4 is 22.8 Å². The number of aromatic nitrogens is 1. The Morgan fingerprint density at radius 1 is 1.00 bits per heavy atom. The van der Waals surface area contributed by atoms with Gasteiger partial charge in [-0.2, -0.15) is 0 Å². The second-order valence-electron chi connectivity index (χ2n) is 8.15. The Hall–Kier alpha value is -3.48. The fourth-order valence-corrected chi connectivity index (χ4v) is 3.63. The first kappa shape index (κ1) is 25.1. The molecule has 0 aliphatic carbocycles. The summed E-state index contributed by atoms with van der Waals surface area (Å²) >= 11 is 0. The molecule has 0 saturated heterocycles. The van der Waals surface area contributed by atoms with Gasteiger partial charge in [-0.25, -0.2) is 9.18 Å². The van der Waals surface area contributed by atoms with E-state index in [4.69, 9.17) is 9.47 Å². The van der Waals surface area contributed by atoms with Crippen LogP contribution >= 0.6 is 0 Å². The molecular weight excluding hydrogens is 435 g/mol. The first-order valence-electron chi connectivity index (χ1n) is 11.7. The molecule has 3 aromatic rings.